The fourth-order valence-electron chi connectivity index (χ4n) is 2.34. The molecule has 6 heteroatoms. The van der Waals surface area contributed by atoms with Gasteiger partial charge in [-0.25, -0.2) is 4.39 Å². The number of hydrogen-bond donors (Lipinski definition) is 0. The van der Waals surface area contributed by atoms with Crippen LogP contribution in [-0.4, -0.2) is 73.3 Å². The molecule has 2 rings (SSSR count). The fraction of sp³-hybridized carbons (Fsp3) is 0.412. The van der Waals surface area contributed by atoms with Crippen molar-refractivity contribution in [2.24, 2.45) is 0 Å². The van der Waals surface area contributed by atoms with E-state index in [0.717, 1.165) is 0 Å². The first-order valence-electron chi connectivity index (χ1n) is 7.61. The minimum Gasteiger partial charge on any atom is -0.348 e. The number of nitrogens with zero attached hydrogens (tertiary/aromatic N) is 3. The van der Waals surface area contributed by atoms with E-state index in [2.05, 4.69) is 0 Å². The summed E-state index contributed by atoms with van der Waals surface area (Å²) in [5.41, 5.74) is 0.399. The van der Waals surface area contributed by atoms with E-state index in [4.69, 9.17) is 0 Å². The molecule has 1 aliphatic rings. The lowest BCUT2D eigenvalue weighted by Gasteiger charge is -2.34. The maximum atomic E-state index is 13.5. The van der Waals surface area contributed by atoms with Gasteiger partial charge in [0.05, 0.1) is 6.54 Å². The molecule has 1 saturated heterocycles. The van der Waals surface area contributed by atoms with Crippen molar-refractivity contribution in [3.8, 4) is 0 Å². The van der Waals surface area contributed by atoms with E-state index in [1.54, 1.807) is 42.1 Å². The molecule has 0 unspecified atom stereocenters. The van der Waals surface area contributed by atoms with Gasteiger partial charge < -0.3 is 9.80 Å². The van der Waals surface area contributed by atoms with Gasteiger partial charge in [0.2, 0.25) is 11.8 Å². The third kappa shape index (κ3) is 4.89. The van der Waals surface area contributed by atoms with Gasteiger partial charge in [-0.2, -0.15) is 0 Å². The second kappa shape index (κ2) is 7.87. The Balaban J connectivity index is 1.84. The number of rotatable bonds is 4. The zero-order valence-electron chi connectivity index (χ0n) is 13.5. The minimum atomic E-state index is -0.344. The molecule has 0 N–H and O–H groups in total. The molecule has 5 nitrogen and oxygen atoms in total. The van der Waals surface area contributed by atoms with Crippen LogP contribution >= 0.6 is 0 Å². The number of likely N-dealkylation sites (N-methyl/N-ethyl adjacent to an activating group) is 1. The predicted molar refractivity (Wildman–Crippen MR) is 87.1 cm³/mol. The first-order valence-corrected chi connectivity index (χ1v) is 7.61. The summed E-state index contributed by atoms with van der Waals surface area (Å²) in [7, 11) is 3.46. The highest BCUT2D eigenvalue weighted by atomic mass is 19.1. The normalized spacial score (nSPS) is 15.9. The Morgan fingerprint density at radius 1 is 1.17 bits per heavy atom. The van der Waals surface area contributed by atoms with Crippen molar-refractivity contribution in [1.82, 2.24) is 14.7 Å². The molecule has 0 aromatic heterocycles. The smallest absolute Gasteiger partial charge is 0.246 e. The van der Waals surface area contributed by atoms with Gasteiger partial charge in [-0.3, -0.25) is 14.5 Å². The Kier molecular flexibility index (Phi) is 5.87. The summed E-state index contributed by atoms with van der Waals surface area (Å²) >= 11 is 0. The van der Waals surface area contributed by atoms with Crippen LogP contribution in [0.4, 0.5) is 4.39 Å². The molecule has 1 fully saturated rings. The largest absolute Gasteiger partial charge is 0.348 e. The van der Waals surface area contributed by atoms with Crippen molar-refractivity contribution in [2.75, 3.05) is 46.8 Å². The van der Waals surface area contributed by atoms with Crippen molar-refractivity contribution in [3.05, 3.63) is 41.7 Å². The average Bonchev–Trinajstić information content (AvgIpc) is 2.54. The van der Waals surface area contributed by atoms with E-state index < -0.39 is 0 Å². The van der Waals surface area contributed by atoms with E-state index in [1.807, 2.05) is 4.90 Å². The van der Waals surface area contributed by atoms with Crippen LogP contribution in [-0.2, 0) is 9.59 Å². The van der Waals surface area contributed by atoms with Gasteiger partial charge in [-0.15, -0.1) is 0 Å². The summed E-state index contributed by atoms with van der Waals surface area (Å²) in [4.78, 5) is 29.1. The first kappa shape index (κ1) is 17.1. The zero-order valence-corrected chi connectivity index (χ0v) is 13.5. The molecule has 0 atom stereocenters. The van der Waals surface area contributed by atoms with Crippen molar-refractivity contribution >= 4 is 17.9 Å². The topological polar surface area (TPSA) is 43.9 Å². The Morgan fingerprint density at radius 2 is 1.83 bits per heavy atom. The van der Waals surface area contributed by atoms with Crippen molar-refractivity contribution in [2.45, 2.75) is 0 Å². The van der Waals surface area contributed by atoms with Gasteiger partial charge in [-0.1, -0.05) is 18.2 Å². The molecule has 124 valence electrons. The average molecular weight is 319 g/mol. The van der Waals surface area contributed by atoms with Gasteiger partial charge in [0.25, 0.3) is 0 Å². The standard InChI is InChI=1S/C17H22FN3O2/c1-19(2)17(23)13-20-9-11-21(12-10-20)16(22)8-7-14-5-3-4-6-15(14)18/h3-8H,9-13H2,1-2H3/b8-7+. The highest BCUT2D eigenvalue weighted by Gasteiger charge is 2.21. The summed E-state index contributed by atoms with van der Waals surface area (Å²) in [6, 6.07) is 6.34. The highest BCUT2D eigenvalue weighted by molar-refractivity contribution is 5.91. The number of hydrogen-bond acceptors (Lipinski definition) is 3. The quantitative estimate of drug-likeness (QED) is 0.780. The molecule has 0 spiro atoms. The molecule has 2 amide bonds. The number of carbonyl (C=O) groups is 2. The van der Waals surface area contributed by atoms with Crippen molar-refractivity contribution in [1.29, 1.82) is 0 Å². The van der Waals surface area contributed by atoms with Crippen LogP contribution in [0.25, 0.3) is 6.08 Å². The molecule has 1 aromatic rings. The highest BCUT2D eigenvalue weighted by Crippen LogP contribution is 2.09. The SMILES string of the molecule is CN(C)C(=O)CN1CCN(C(=O)/C=C/c2ccccc2F)CC1. The van der Waals surface area contributed by atoms with E-state index in [0.29, 0.717) is 38.3 Å². The number of carbonyl (C=O) groups excluding carboxylic acids is 2. The van der Waals surface area contributed by atoms with Crippen molar-refractivity contribution in [3.63, 3.8) is 0 Å². The van der Waals surface area contributed by atoms with Crippen LogP contribution in [0, 0.1) is 5.82 Å². The molecular weight excluding hydrogens is 297 g/mol. The number of halogens is 1. The molecule has 0 aliphatic carbocycles. The Hall–Kier alpha value is -2.21. The second-order valence-corrected chi connectivity index (χ2v) is 5.74. The zero-order chi connectivity index (χ0) is 16.8. The Morgan fingerprint density at radius 3 is 2.43 bits per heavy atom. The molecule has 1 aromatic carbocycles. The Labute approximate surface area is 136 Å². The van der Waals surface area contributed by atoms with Crippen LogP contribution in [0.15, 0.2) is 30.3 Å². The van der Waals surface area contributed by atoms with Crippen LogP contribution in [0.2, 0.25) is 0 Å². The molecule has 1 heterocycles. The third-order valence-electron chi connectivity index (χ3n) is 3.85. The summed E-state index contributed by atoms with van der Waals surface area (Å²) in [6.45, 7) is 2.85. The van der Waals surface area contributed by atoms with Crippen LogP contribution in [0.3, 0.4) is 0 Å². The maximum Gasteiger partial charge on any atom is 0.246 e. The second-order valence-electron chi connectivity index (χ2n) is 5.74. The fourth-order valence-corrected chi connectivity index (χ4v) is 2.34. The number of benzene rings is 1. The Bertz CT molecular complexity index is 593. The molecule has 0 saturated carbocycles. The van der Waals surface area contributed by atoms with Crippen LogP contribution in [0.5, 0.6) is 0 Å². The van der Waals surface area contributed by atoms with E-state index in [9.17, 15) is 14.0 Å². The molecular formula is C17H22FN3O2. The van der Waals surface area contributed by atoms with E-state index in [1.165, 1.54) is 18.2 Å². The van der Waals surface area contributed by atoms with E-state index >= 15 is 0 Å². The lowest BCUT2D eigenvalue weighted by molar-refractivity contribution is -0.131. The molecule has 0 radical (unpaired) electrons. The minimum absolute atomic E-state index is 0.0595. The summed E-state index contributed by atoms with van der Waals surface area (Å²) < 4.78 is 13.5. The maximum absolute atomic E-state index is 13.5. The summed E-state index contributed by atoms with van der Waals surface area (Å²) in [6.07, 6.45) is 2.90. The predicted octanol–water partition coefficient (Wildman–Crippen LogP) is 1.07. The third-order valence-corrected chi connectivity index (χ3v) is 3.85. The van der Waals surface area contributed by atoms with Gasteiger partial charge in [0, 0.05) is 51.9 Å². The number of piperazine rings is 1. The van der Waals surface area contributed by atoms with E-state index in [-0.39, 0.29) is 17.6 Å². The van der Waals surface area contributed by atoms with Gasteiger partial charge in [0.15, 0.2) is 0 Å². The summed E-state index contributed by atoms with van der Waals surface area (Å²) in [5.74, 6) is -0.417. The van der Waals surface area contributed by atoms with Crippen molar-refractivity contribution < 1.29 is 14.0 Å². The molecule has 1 aliphatic heterocycles. The first-order chi connectivity index (χ1) is 11.0. The molecule has 23 heavy (non-hydrogen) atoms. The van der Waals surface area contributed by atoms with Crippen LogP contribution in [0.1, 0.15) is 5.56 Å². The van der Waals surface area contributed by atoms with Gasteiger partial charge in [0.1, 0.15) is 5.82 Å². The monoisotopic (exact) mass is 319 g/mol. The molecule has 0 bridgehead atoms. The summed E-state index contributed by atoms with van der Waals surface area (Å²) in [5, 5.41) is 0. The van der Waals surface area contributed by atoms with Gasteiger partial charge in [-0.05, 0) is 12.1 Å². The van der Waals surface area contributed by atoms with Crippen LogP contribution < -0.4 is 0 Å². The van der Waals surface area contributed by atoms with Gasteiger partial charge >= 0.3 is 0 Å². The lowest BCUT2D eigenvalue weighted by atomic mass is 10.2. The number of amides is 2. The lowest BCUT2D eigenvalue weighted by Crippen LogP contribution is -2.50.